The number of nitrogens with two attached hydrogens (primary N) is 1. The number of carboxylic acids is 1. The topological polar surface area (TPSA) is 110 Å². The van der Waals surface area contributed by atoms with Crippen molar-refractivity contribution in [2.75, 3.05) is 5.32 Å². The molecule has 0 aliphatic heterocycles. The number of fused-ring (bicyclic) bond motifs is 1. The zero-order chi connectivity index (χ0) is 20.6. The van der Waals surface area contributed by atoms with Crippen molar-refractivity contribution in [1.82, 2.24) is 9.61 Å². The van der Waals surface area contributed by atoms with E-state index in [0.717, 1.165) is 0 Å². The van der Waals surface area contributed by atoms with Crippen molar-refractivity contribution in [3.63, 3.8) is 0 Å². The first-order chi connectivity index (χ1) is 13.1. The molecule has 0 aliphatic carbocycles. The Hall–Kier alpha value is -3.42. The second kappa shape index (κ2) is 6.95. The van der Waals surface area contributed by atoms with Crippen LogP contribution in [-0.4, -0.2) is 38.3 Å². The van der Waals surface area contributed by atoms with Crippen LogP contribution >= 0.6 is 0 Å². The zero-order valence-corrected chi connectivity index (χ0v) is 15.7. The Labute approximate surface area is 161 Å². The van der Waals surface area contributed by atoms with Crippen LogP contribution in [0.1, 0.15) is 41.5 Å². The van der Waals surface area contributed by atoms with E-state index in [1.54, 1.807) is 37.4 Å². The van der Waals surface area contributed by atoms with E-state index < -0.39 is 23.6 Å². The van der Waals surface area contributed by atoms with E-state index in [4.69, 9.17) is 5.73 Å². The summed E-state index contributed by atoms with van der Waals surface area (Å²) in [5, 5.41) is 16.4. The van der Waals surface area contributed by atoms with Gasteiger partial charge in [0.15, 0.2) is 0 Å². The fourth-order valence-corrected chi connectivity index (χ4v) is 2.77. The summed E-state index contributed by atoms with van der Waals surface area (Å²) in [7, 11) is 0. The molecule has 28 heavy (non-hydrogen) atoms. The monoisotopic (exact) mass is 384 g/mol. The lowest BCUT2D eigenvalue weighted by molar-refractivity contribution is 0.0696. The van der Waals surface area contributed by atoms with Gasteiger partial charge >= 0.3 is 5.97 Å². The molecule has 2 aromatic heterocycles. The SMILES string of the molecule is CC(Nc1c(C(N)=O)cnn2cc(-c3cccc(C(=O)O)c3)cc12)C(C)(C)F. The number of hydrogen-bond acceptors (Lipinski definition) is 4. The van der Waals surface area contributed by atoms with Gasteiger partial charge in [-0.05, 0) is 44.5 Å². The number of anilines is 1. The minimum absolute atomic E-state index is 0.146. The van der Waals surface area contributed by atoms with Crippen molar-refractivity contribution in [1.29, 1.82) is 0 Å². The van der Waals surface area contributed by atoms with Gasteiger partial charge in [0.25, 0.3) is 5.91 Å². The Morgan fingerprint density at radius 1 is 1.29 bits per heavy atom. The van der Waals surface area contributed by atoms with Crippen LogP contribution in [0.25, 0.3) is 16.6 Å². The zero-order valence-electron chi connectivity index (χ0n) is 15.7. The highest BCUT2D eigenvalue weighted by molar-refractivity contribution is 6.02. The molecule has 146 valence electrons. The molecule has 1 atom stereocenters. The van der Waals surface area contributed by atoms with Crippen LogP contribution in [0.5, 0.6) is 0 Å². The number of hydrogen-bond donors (Lipinski definition) is 3. The molecule has 4 N–H and O–H groups in total. The lowest BCUT2D eigenvalue weighted by atomic mass is 10.0. The van der Waals surface area contributed by atoms with E-state index in [0.29, 0.717) is 22.3 Å². The Kier molecular flexibility index (Phi) is 4.80. The van der Waals surface area contributed by atoms with Crippen molar-refractivity contribution in [2.24, 2.45) is 5.73 Å². The van der Waals surface area contributed by atoms with Crippen LogP contribution in [0.4, 0.5) is 10.1 Å². The van der Waals surface area contributed by atoms with Crippen molar-refractivity contribution in [2.45, 2.75) is 32.5 Å². The molecule has 0 bridgehead atoms. The predicted octanol–water partition coefficient (Wildman–Crippen LogP) is 3.35. The third kappa shape index (κ3) is 3.66. The fraction of sp³-hybridized carbons (Fsp3) is 0.250. The highest BCUT2D eigenvalue weighted by Crippen LogP contribution is 2.30. The standard InChI is InChI=1S/C20H21FN4O3/c1-11(20(2,3)21)24-17-15(18(22)26)9-23-25-10-14(8-16(17)25)12-5-4-6-13(7-12)19(27)28/h4-11,24H,1-3H3,(H2,22,26)(H,27,28). The maximum atomic E-state index is 14.3. The molecule has 0 spiro atoms. The largest absolute Gasteiger partial charge is 0.478 e. The number of carbonyl (C=O) groups is 2. The van der Waals surface area contributed by atoms with E-state index >= 15 is 0 Å². The predicted molar refractivity (Wildman–Crippen MR) is 104 cm³/mol. The van der Waals surface area contributed by atoms with E-state index in [1.165, 1.54) is 30.6 Å². The maximum Gasteiger partial charge on any atom is 0.335 e. The quantitative estimate of drug-likeness (QED) is 0.604. The third-order valence-corrected chi connectivity index (χ3v) is 4.74. The molecule has 8 heteroatoms. The van der Waals surface area contributed by atoms with Crippen molar-refractivity contribution < 1.29 is 19.1 Å². The van der Waals surface area contributed by atoms with Crippen LogP contribution in [0.3, 0.4) is 0 Å². The molecule has 3 rings (SSSR count). The summed E-state index contributed by atoms with van der Waals surface area (Å²) >= 11 is 0. The van der Waals surface area contributed by atoms with Gasteiger partial charge in [-0.3, -0.25) is 4.79 Å². The summed E-state index contributed by atoms with van der Waals surface area (Å²) in [6.45, 7) is 4.55. The molecule has 0 aliphatic rings. The molecule has 1 amide bonds. The lowest BCUT2D eigenvalue weighted by Gasteiger charge is -2.26. The number of halogens is 1. The Bertz CT molecular complexity index is 1070. The number of carboxylic acid groups (broad SMARTS) is 1. The first-order valence-electron chi connectivity index (χ1n) is 8.68. The van der Waals surface area contributed by atoms with Gasteiger partial charge in [-0.25, -0.2) is 13.7 Å². The lowest BCUT2D eigenvalue weighted by Crippen LogP contribution is -2.36. The van der Waals surface area contributed by atoms with Crippen molar-refractivity contribution in [3.8, 4) is 11.1 Å². The number of alkyl halides is 1. The number of nitrogens with one attached hydrogen (secondary N) is 1. The number of carbonyl (C=O) groups excluding carboxylic acids is 1. The second-order valence-corrected chi connectivity index (χ2v) is 7.17. The average Bonchev–Trinajstić information content (AvgIpc) is 3.05. The molecule has 0 radical (unpaired) electrons. The summed E-state index contributed by atoms with van der Waals surface area (Å²) in [6.07, 6.45) is 3.03. The molecule has 0 saturated heterocycles. The number of benzene rings is 1. The molecule has 1 unspecified atom stereocenters. The fourth-order valence-electron chi connectivity index (χ4n) is 2.77. The number of amides is 1. The van der Waals surface area contributed by atoms with E-state index in [2.05, 4.69) is 10.4 Å². The van der Waals surface area contributed by atoms with E-state index in [1.807, 2.05) is 0 Å². The van der Waals surface area contributed by atoms with Crippen molar-refractivity contribution in [3.05, 3.63) is 53.9 Å². The van der Waals surface area contributed by atoms with Crippen LogP contribution in [0.15, 0.2) is 42.7 Å². The maximum absolute atomic E-state index is 14.3. The molecule has 0 saturated carbocycles. The summed E-state index contributed by atoms with van der Waals surface area (Å²) in [4.78, 5) is 23.1. The molecule has 0 fully saturated rings. The number of aromatic nitrogens is 2. The summed E-state index contributed by atoms with van der Waals surface area (Å²) in [5.74, 6) is -1.71. The summed E-state index contributed by atoms with van der Waals surface area (Å²) in [6, 6.07) is 7.62. The number of rotatable bonds is 6. The molecular weight excluding hydrogens is 363 g/mol. The van der Waals surface area contributed by atoms with Crippen LogP contribution in [0.2, 0.25) is 0 Å². The Morgan fingerprint density at radius 3 is 2.61 bits per heavy atom. The number of nitrogens with zero attached hydrogens (tertiary/aromatic N) is 2. The average molecular weight is 384 g/mol. The number of aromatic carboxylic acids is 1. The normalized spacial score (nSPS) is 12.7. The van der Waals surface area contributed by atoms with Gasteiger partial charge in [-0.15, -0.1) is 0 Å². The van der Waals surface area contributed by atoms with E-state index in [9.17, 15) is 19.1 Å². The molecule has 1 aromatic carbocycles. The van der Waals surface area contributed by atoms with Gasteiger partial charge in [-0.1, -0.05) is 12.1 Å². The second-order valence-electron chi connectivity index (χ2n) is 7.17. The van der Waals surface area contributed by atoms with Crippen LogP contribution < -0.4 is 11.1 Å². The van der Waals surface area contributed by atoms with Crippen LogP contribution in [-0.2, 0) is 0 Å². The molecular formula is C20H21FN4O3. The molecule has 3 aromatic rings. The smallest absolute Gasteiger partial charge is 0.335 e. The van der Waals surface area contributed by atoms with Gasteiger partial charge in [-0.2, -0.15) is 5.10 Å². The van der Waals surface area contributed by atoms with Crippen LogP contribution in [0, 0.1) is 0 Å². The first kappa shape index (κ1) is 19.3. The minimum Gasteiger partial charge on any atom is -0.478 e. The highest BCUT2D eigenvalue weighted by atomic mass is 19.1. The molecule has 2 heterocycles. The number of primary amides is 1. The first-order valence-corrected chi connectivity index (χ1v) is 8.68. The van der Waals surface area contributed by atoms with Gasteiger partial charge in [0.1, 0.15) is 5.67 Å². The van der Waals surface area contributed by atoms with Gasteiger partial charge in [0.2, 0.25) is 0 Å². The van der Waals surface area contributed by atoms with Gasteiger partial charge < -0.3 is 16.2 Å². The third-order valence-electron chi connectivity index (χ3n) is 4.74. The highest BCUT2D eigenvalue weighted by Gasteiger charge is 2.27. The van der Waals surface area contributed by atoms with Crippen molar-refractivity contribution >= 4 is 23.1 Å². The van der Waals surface area contributed by atoms with Gasteiger partial charge in [0, 0.05) is 11.8 Å². The van der Waals surface area contributed by atoms with E-state index in [-0.39, 0.29) is 11.1 Å². The van der Waals surface area contributed by atoms with Gasteiger partial charge in [0.05, 0.1) is 34.6 Å². The summed E-state index contributed by atoms with van der Waals surface area (Å²) < 4.78 is 15.9. The summed E-state index contributed by atoms with van der Waals surface area (Å²) in [5.41, 5.74) is 6.52. The molecule has 7 nitrogen and oxygen atoms in total. The minimum atomic E-state index is -1.54. The Balaban J connectivity index is 2.16. The Morgan fingerprint density at radius 2 is 2.00 bits per heavy atom.